The van der Waals surface area contributed by atoms with Crippen LogP contribution in [0.4, 0.5) is 0 Å². The highest BCUT2D eigenvalue weighted by molar-refractivity contribution is 6.20. The van der Waals surface area contributed by atoms with Crippen molar-refractivity contribution in [1.82, 2.24) is 15.0 Å². The predicted octanol–water partition coefficient (Wildman–Crippen LogP) is 4.02. The van der Waals surface area contributed by atoms with Gasteiger partial charge in [-0.1, -0.05) is 31.4 Å². The summed E-state index contributed by atoms with van der Waals surface area (Å²) in [5.74, 6) is 0. The van der Waals surface area contributed by atoms with Crippen LogP contribution in [-0.2, 0) is 4.74 Å². The summed E-state index contributed by atoms with van der Waals surface area (Å²) in [6, 6.07) is 0.420. The average Bonchev–Trinajstić information content (AvgIpc) is 2.97. The monoisotopic (exact) mass is 297 g/mol. The molecule has 2 heterocycles. The Balaban J connectivity index is 1.71. The molecule has 5 heteroatoms. The molecule has 1 spiro atoms. The summed E-state index contributed by atoms with van der Waals surface area (Å²) in [7, 11) is 0. The van der Waals surface area contributed by atoms with E-state index < -0.39 is 0 Å². The molecule has 0 aromatic carbocycles. The zero-order valence-corrected chi connectivity index (χ0v) is 13.0. The fourth-order valence-corrected chi connectivity index (χ4v) is 3.69. The molecule has 2 fully saturated rings. The SMILES string of the molecule is CCC(Cl)c1cn(C2CCOC3(CCCCC3)C2)nn1. The smallest absolute Gasteiger partial charge is 0.101 e. The Bertz CT molecular complexity index is 437. The molecule has 2 aliphatic rings. The molecule has 1 aromatic heterocycles. The lowest BCUT2D eigenvalue weighted by molar-refractivity contribution is -0.115. The van der Waals surface area contributed by atoms with Crippen molar-refractivity contribution in [3.05, 3.63) is 11.9 Å². The molecule has 0 amide bonds. The van der Waals surface area contributed by atoms with Crippen LogP contribution in [0, 0.1) is 0 Å². The summed E-state index contributed by atoms with van der Waals surface area (Å²) in [6.07, 6.45) is 11.4. The minimum absolute atomic E-state index is 0.0211. The van der Waals surface area contributed by atoms with Crippen LogP contribution in [0.2, 0.25) is 0 Å². The summed E-state index contributed by atoms with van der Waals surface area (Å²) in [5.41, 5.74) is 1.01. The van der Waals surface area contributed by atoms with Crippen LogP contribution in [-0.4, -0.2) is 27.2 Å². The van der Waals surface area contributed by atoms with Crippen LogP contribution in [0.3, 0.4) is 0 Å². The van der Waals surface area contributed by atoms with Gasteiger partial charge in [0.05, 0.1) is 23.2 Å². The summed E-state index contributed by atoms with van der Waals surface area (Å²) in [6.45, 7) is 2.92. The fraction of sp³-hybridized carbons (Fsp3) is 0.867. The Hall–Kier alpha value is -0.610. The zero-order valence-electron chi connectivity index (χ0n) is 12.2. The van der Waals surface area contributed by atoms with Crippen molar-refractivity contribution in [2.45, 2.75) is 75.3 Å². The van der Waals surface area contributed by atoms with E-state index in [2.05, 4.69) is 17.2 Å². The Morgan fingerprint density at radius 1 is 1.45 bits per heavy atom. The second-order valence-corrected chi connectivity index (χ2v) is 6.76. The van der Waals surface area contributed by atoms with Gasteiger partial charge in [0, 0.05) is 6.61 Å². The topological polar surface area (TPSA) is 39.9 Å². The van der Waals surface area contributed by atoms with E-state index in [4.69, 9.17) is 16.3 Å². The van der Waals surface area contributed by atoms with Gasteiger partial charge in [0.15, 0.2) is 0 Å². The van der Waals surface area contributed by atoms with Crippen molar-refractivity contribution in [3.63, 3.8) is 0 Å². The number of ether oxygens (including phenoxy) is 1. The fourth-order valence-electron chi connectivity index (χ4n) is 3.59. The first-order chi connectivity index (χ1) is 9.72. The molecule has 4 nitrogen and oxygen atoms in total. The van der Waals surface area contributed by atoms with E-state index in [1.54, 1.807) is 0 Å². The van der Waals surface area contributed by atoms with Gasteiger partial charge in [-0.05, 0) is 32.1 Å². The Labute approximate surface area is 125 Å². The van der Waals surface area contributed by atoms with E-state index in [1.807, 2.05) is 10.9 Å². The van der Waals surface area contributed by atoms with Crippen molar-refractivity contribution in [2.75, 3.05) is 6.61 Å². The van der Waals surface area contributed by atoms with Gasteiger partial charge in [-0.15, -0.1) is 16.7 Å². The number of aromatic nitrogens is 3. The van der Waals surface area contributed by atoms with Crippen molar-refractivity contribution in [1.29, 1.82) is 0 Å². The van der Waals surface area contributed by atoms with Gasteiger partial charge in [0.2, 0.25) is 0 Å². The molecule has 112 valence electrons. The molecule has 2 unspecified atom stereocenters. The first-order valence-corrected chi connectivity index (χ1v) is 8.36. The van der Waals surface area contributed by atoms with E-state index in [9.17, 15) is 0 Å². The van der Waals surface area contributed by atoms with Crippen LogP contribution >= 0.6 is 11.6 Å². The standard InChI is InChI=1S/C15H24ClN3O/c1-2-13(16)14-11-19(18-17-14)12-6-9-20-15(10-12)7-4-3-5-8-15/h11-13H,2-10H2,1H3. The third kappa shape index (κ3) is 2.86. The number of alkyl halides is 1. The molecule has 1 saturated heterocycles. The van der Waals surface area contributed by atoms with E-state index >= 15 is 0 Å². The lowest BCUT2D eigenvalue weighted by atomic mass is 9.78. The van der Waals surface area contributed by atoms with Crippen LogP contribution in [0.25, 0.3) is 0 Å². The largest absolute Gasteiger partial charge is 0.375 e. The maximum Gasteiger partial charge on any atom is 0.101 e. The molecular formula is C15H24ClN3O. The highest BCUT2D eigenvalue weighted by Gasteiger charge is 2.39. The molecule has 0 radical (unpaired) electrons. The maximum atomic E-state index is 6.24. The number of nitrogens with zero attached hydrogens (tertiary/aromatic N) is 3. The van der Waals surface area contributed by atoms with Crippen LogP contribution in [0.1, 0.15) is 75.4 Å². The van der Waals surface area contributed by atoms with Gasteiger partial charge in [0.25, 0.3) is 0 Å². The van der Waals surface area contributed by atoms with E-state index in [0.29, 0.717) is 6.04 Å². The van der Waals surface area contributed by atoms with Gasteiger partial charge in [0.1, 0.15) is 5.69 Å². The van der Waals surface area contributed by atoms with E-state index in [-0.39, 0.29) is 11.0 Å². The Morgan fingerprint density at radius 2 is 2.25 bits per heavy atom. The average molecular weight is 298 g/mol. The summed E-state index contributed by atoms with van der Waals surface area (Å²) < 4.78 is 8.17. The number of rotatable bonds is 3. The lowest BCUT2D eigenvalue weighted by Gasteiger charge is -2.43. The highest BCUT2D eigenvalue weighted by Crippen LogP contribution is 2.42. The molecule has 1 aliphatic carbocycles. The Kier molecular flexibility index (Phi) is 4.32. The summed E-state index contributed by atoms with van der Waals surface area (Å²) in [4.78, 5) is 0. The van der Waals surface area contributed by atoms with Crippen molar-refractivity contribution < 1.29 is 4.74 Å². The third-order valence-corrected chi connectivity index (χ3v) is 5.35. The van der Waals surface area contributed by atoms with Crippen LogP contribution in [0.5, 0.6) is 0 Å². The third-order valence-electron chi connectivity index (χ3n) is 4.81. The van der Waals surface area contributed by atoms with Gasteiger partial charge < -0.3 is 4.74 Å². The molecule has 1 aliphatic heterocycles. The van der Waals surface area contributed by atoms with Crippen molar-refractivity contribution in [3.8, 4) is 0 Å². The first kappa shape index (κ1) is 14.3. The van der Waals surface area contributed by atoms with Crippen LogP contribution < -0.4 is 0 Å². The summed E-state index contributed by atoms with van der Waals surface area (Å²) in [5, 5.41) is 8.53. The minimum atomic E-state index is -0.0211. The molecule has 2 atom stereocenters. The lowest BCUT2D eigenvalue weighted by Crippen LogP contribution is -2.42. The molecule has 20 heavy (non-hydrogen) atoms. The van der Waals surface area contributed by atoms with Gasteiger partial charge in [-0.2, -0.15) is 0 Å². The quantitative estimate of drug-likeness (QED) is 0.791. The molecule has 1 aromatic rings. The van der Waals surface area contributed by atoms with Gasteiger partial charge >= 0.3 is 0 Å². The number of hydrogen-bond acceptors (Lipinski definition) is 3. The molecule has 0 bridgehead atoms. The first-order valence-electron chi connectivity index (χ1n) is 7.92. The van der Waals surface area contributed by atoms with E-state index in [0.717, 1.165) is 31.6 Å². The molecule has 3 rings (SSSR count). The normalized spacial score (nSPS) is 27.6. The molecule has 0 N–H and O–H groups in total. The second kappa shape index (κ2) is 6.02. The molecule has 1 saturated carbocycles. The Morgan fingerprint density at radius 3 is 3.00 bits per heavy atom. The highest BCUT2D eigenvalue weighted by atomic mass is 35.5. The minimum Gasteiger partial charge on any atom is -0.375 e. The van der Waals surface area contributed by atoms with Crippen molar-refractivity contribution >= 4 is 11.6 Å². The second-order valence-electron chi connectivity index (χ2n) is 6.24. The number of hydrogen-bond donors (Lipinski definition) is 0. The number of halogens is 1. The van der Waals surface area contributed by atoms with E-state index in [1.165, 1.54) is 32.1 Å². The summed E-state index contributed by atoms with van der Waals surface area (Å²) >= 11 is 6.24. The van der Waals surface area contributed by atoms with Crippen LogP contribution in [0.15, 0.2) is 6.20 Å². The molecular weight excluding hydrogens is 274 g/mol. The van der Waals surface area contributed by atoms with Gasteiger partial charge in [-0.3, -0.25) is 0 Å². The van der Waals surface area contributed by atoms with Crippen molar-refractivity contribution in [2.24, 2.45) is 0 Å². The maximum absolute atomic E-state index is 6.24. The predicted molar refractivity (Wildman–Crippen MR) is 78.9 cm³/mol. The van der Waals surface area contributed by atoms with Gasteiger partial charge in [-0.25, -0.2) is 4.68 Å². The zero-order chi connectivity index (χ0) is 14.0.